The fraction of sp³-hybridized carbons (Fsp3) is 0.750. The van der Waals surface area contributed by atoms with Gasteiger partial charge in [0.15, 0.2) is 0 Å². The molecule has 1 aromatic rings. The van der Waals surface area contributed by atoms with Crippen LogP contribution in [0.3, 0.4) is 0 Å². The average molecular weight is 240 g/mol. The Kier molecular flexibility index (Phi) is 6.84. The van der Waals surface area contributed by atoms with Gasteiger partial charge in [0.05, 0.1) is 25.2 Å². The van der Waals surface area contributed by atoms with E-state index in [-0.39, 0.29) is 0 Å². The molecule has 0 fully saturated rings. The van der Waals surface area contributed by atoms with E-state index in [1.165, 1.54) is 5.69 Å². The van der Waals surface area contributed by atoms with Crippen molar-refractivity contribution in [1.29, 1.82) is 0 Å². The highest BCUT2D eigenvalue weighted by Gasteiger charge is 1.98. The molecule has 0 atom stereocenters. The molecule has 0 spiro atoms. The maximum atomic E-state index is 5.49. The molecule has 0 radical (unpaired) electrons. The lowest BCUT2D eigenvalue weighted by molar-refractivity contribution is 0.119. The van der Waals surface area contributed by atoms with Gasteiger partial charge in [-0.15, -0.1) is 0 Å². The molecule has 0 aromatic carbocycles. The molecule has 0 aliphatic carbocycles. The summed E-state index contributed by atoms with van der Waals surface area (Å²) in [6.07, 6.45) is 3.77. The van der Waals surface area contributed by atoms with Crippen molar-refractivity contribution in [2.24, 2.45) is 0 Å². The molecule has 0 saturated carbocycles. The predicted molar refractivity (Wildman–Crippen MR) is 69.0 cm³/mol. The van der Waals surface area contributed by atoms with Gasteiger partial charge in [0.25, 0.3) is 0 Å². The maximum Gasteiger partial charge on any atom is 0.0948 e. The van der Waals surface area contributed by atoms with E-state index in [0.717, 1.165) is 39.4 Å². The molecule has 1 rings (SSSR count). The third-order valence-electron chi connectivity index (χ3n) is 2.55. The number of nitrogens with zero attached hydrogens (tertiary/aromatic N) is 3. The summed E-state index contributed by atoms with van der Waals surface area (Å²) in [5.74, 6) is 0. The Morgan fingerprint density at radius 3 is 2.94 bits per heavy atom. The fourth-order valence-corrected chi connectivity index (χ4v) is 1.49. The molecule has 0 unspecified atom stereocenters. The monoisotopic (exact) mass is 240 g/mol. The third kappa shape index (κ3) is 5.81. The van der Waals surface area contributed by atoms with Crippen LogP contribution in [0.1, 0.15) is 12.6 Å². The molecule has 5 nitrogen and oxygen atoms in total. The number of ether oxygens (including phenoxy) is 1. The minimum Gasteiger partial charge on any atom is -0.379 e. The molecule has 0 saturated heterocycles. The standard InChI is InChI=1S/C12H24N4O/c1-4-16-11-14-10-12(16)9-13-5-7-17-8-6-15(2)3/h10-11,13H,4-9H2,1-3H3. The number of imidazole rings is 1. The van der Waals surface area contributed by atoms with E-state index in [4.69, 9.17) is 4.74 Å². The first-order chi connectivity index (χ1) is 8.24. The van der Waals surface area contributed by atoms with Crippen molar-refractivity contribution in [3.8, 4) is 0 Å². The van der Waals surface area contributed by atoms with Gasteiger partial charge in [0.2, 0.25) is 0 Å². The third-order valence-corrected chi connectivity index (χ3v) is 2.55. The maximum absolute atomic E-state index is 5.49. The summed E-state index contributed by atoms with van der Waals surface area (Å²) >= 11 is 0. The van der Waals surface area contributed by atoms with Crippen LogP contribution in [-0.2, 0) is 17.8 Å². The second-order valence-corrected chi connectivity index (χ2v) is 4.26. The summed E-state index contributed by atoms with van der Waals surface area (Å²) in [5, 5.41) is 3.35. The second kappa shape index (κ2) is 8.22. The summed E-state index contributed by atoms with van der Waals surface area (Å²) in [6, 6.07) is 0. The Morgan fingerprint density at radius 2 is 2.24 bits per heavy atom. The Morgan fingerprint density at radius 1 is 1.41 bits per heavy atom. The molecule has 1 heterocycles. The minimum atomic E-state index is 0.758. The Bertz CT molecular complexity index is 298. The number of likely N-dealkylation sites (N-methyl/N-ethyl adjacent to an activating group) is 1. The molecular formula is C12H24N4O. The molecule has 0 aliphatic heterocycles. The first-order valence-electron chi connectivity index (χ1n) is 6.16. The fourth-order valence-electron chi connectivity index (χ4n) is 1.49. The van der Waals surface area contributed by atoms with Gasteiger partial charge in [-0.25, -0.2) is 4.98 Å². The summed E-state index contributed by atoms with van der Waals surface area (Å²) in [7, 11) is 4.10. The van der Waals surface area contributed by atoms with Crippen LogP contribution in [0.15, 0.2) is 12.5 Å². The van der Waals surface area contributed by atoms with E-state index in [0.29, 0.717) is 0 Å². The molecule has 0 amide bonds. The molecule has 0 bridgehead atoms. The number of nitrogens with one attached hydrogen (secondary N) is 1. The van der Waals surface area contributed by atoms with Crippen molar-refractivity contribution >= 4 is 0 Å². The first kappa shape index (κ1) is 14.2. The topological polar surface area (TPSA) is 42.3 Å². The predicted octanol–water partition coefficient (Wildman–Crippen LogP) is 0.571. The van der Waals surface area contributed by atoms with E-state index in [1.807, 2.05) is 26.6 Å². The van der Waals surface area contributed by atoms with Crippen molar-refractivity contribution in [3.63, 3.8) is 0 Å². The Labute approximate surface area is 104 Å². The van der Waals surface area contributed by atoms with Crippen LogP contribution in [0.5, 0.6) is 0 Å². The summed E-state index contributed by atoms with van der Waals surface area (Å²) < 4.78 is 7.63. The zero-order chi connectivity index (χ0) is 12.5. The van der Waals surface area contributed by atoms with Gasteiger partial charge in [0, 0.05) is 32.4 Å². The van der Waals surface area contributed by atoms with E-state index in [9.17, 15) is 0 Å². The van der Waals surface area contributed by atoms with Crippen molar-refractivity contribution < 1.29 is 4.74 Å². The highest BCUT2D eigenvalue weighted by molar-refractivity contribution is 4.97. The number of aryl methyl sites for hydroxylation is 1. The number of hydrogen-bond acceptors (Lipinski definition) is 4. The lowest BCUT2D eigenvalue weighted by atomic mass is 10.4. The number of rotatable bonds is 9. The van der Waals surface area contributed by atoms with E-state index in [1.54, 1.807) is 0 Å². The van der Waals surface area contributed by atoms with Crippen LogP contribution in [0.4, 0.5) is 0 Å². The smallest absolute Gasteiger partial charge is 0.0948 e. The Hall–Kier alpha value is -0.910. The van der Waals surface area contributed by atoms with Crippen molar-refractivity contribution in [1.82, 2.24) is 19.8 Å². The molecule has 17 heavy (non-hydrogen) atoms. The van der Waals surface area contributed by atoms with E-state index < -0.39 is 0 Å². The van der Waals surface area contributed by atoms with Crippen LogP contribution in [-0.4, -0.2) is 54.8 Å². The van der Waals surface area contributed by atoms with Crippen LogP contribution >= 0.6 is 0 Å². The lowest BCUT2D eigenvalue weighted by Gasteiger charge is -2.10. The van der Waals surface area contributed by atoms with Crippen LogP contribution in [0.2, 0.25) is 0 Å². The van der Waals surface area contributed by atoms with Gasteiger partial charge < -0.3 is 19.5 Å². The minimum absolute atomic E-state index is 0.758. The normalized spacial score (nSPS) is 11.3. The molecule has 98 valence electrons. The molecule has 0 aliphatic rings. The largest absolute Gasteiger partial charge is 0.379 e. The zero-order valence-corrected chi connectivity index (χ0v) is 11.1. The molecule has 1 N–H and O–H groups in total. The highest BCUT2D eigenvalue weighted by Crippen LogP contribution is 1.97. The number of hydrogen-bond donors (Lipinski definition) is 1. The van der Waals surface area contributed by atoms with E-state index in [2.05, 4.69) is 26.7 Å². The van der Waals surface area contributed by atoms with Crippen LogP contribution < -0.4 is 5.32 Å². The Balaban J connectivity index is 2.01. The molecule has 1 aromatic heterocycles. The zero-order valence-electron chi connectivity index (χ0n) is 11.1. The lowest BCUT2D eigenvalue weighted by Crippen LogP contribution is -2.23. The summed E-state index contributed by atoms with van der Waals surface area (Å²) in [6.45, 7) is 7.34. The second-order valence-electron chi connectivity index (χ2n) is 4.26. The summed E-state index contributed by atoms with van der Waals surface area (Å²) in [4.78, 5) is 6.25. The number of aromatic nitrogens is 2. The van der Waals surface area contributed by atoms with Crippen molar-refractivity contribution in [3.05, 3.63) is 18.2 Å². The quantitative estimate of drug-likeness (QED) is 0.641. The van der Waals surface area contributed by atoms with Gasteiger partial charge in [0.1, 0.15) is 0 Å². The van der Waals surface area contributed by atoms with Gasteiger partial charge >= 0.3 is 0 Å². The molecule has 5 heteroatoms. The van der Waals surface area contributed by atoms with Gasteiger partial charge in [-0.3, -0.25) is 0 Å². The van der Waals surface area contributed by atoms with Crippen LogP contribution in [0.25, 0.3) is 0 Å². The summed E-state index contributed by atoms with van der Waals surface area (Å²) in [5.41, 5.74) is 1.22. The van der Waals surface area contributed by atoms with Gasteiger partial charge in [-0.05, 0) is 21.0 Å². The van der Waals surface area contributed by atoms with Crippen molar-refractivity contribution in [2.75, 3.05) is 40.4 Å². The van der Waals surface area contributed by atoms with E-state index >= 15 is 0 Å². The van der Waals surface area contributed by atoms with Crippen LogP contribution in [0, 0.1) is 0 Å². The average Bonchev–Trinajstić information content (AvgIpc) is 2.74. The van der Waals surface area contributed by atoms with Crippen molar-refractivity contribution in [2.45, 2.75) is 20.0 Å². The first-order valence-corrected chi connectivity index (χ1v) is 6.16. The van der Waals surface area contributed by atoms with Gasteiger partial charge in [-0.2, -0.15) is 0 Å². The van der Waals surface area contributed by atoms with Gasteiger partial charge in [-0.1, -0.05) is 0 Å². The SMILES string of the molecule is CCn1cncc1CNCCOCCN(C)C. The highest BCUT2D eigenvalue weighted by atomic mass is 16.5. The molecular weight excluding hydrogens is 216 g/mol.